The summed E-state index contributed by atoms with van der Waals surface area (Å²) in [6.07, 6.45) is 0. The number of thiophene rings is 1. The fourth-order valence-corrected chi connectivity index (χ4v) is 4.40. The van der Waals surface area contributed by atoms with Crippen molar-refractivity contribution >= 4 is 21.4 Å². The van der Waals surface area contributed by atoms with Gasteiger partial charge in [0, 0.05) is 10.4 Å². The van der Waals surface area contributed by atoms with E-state index >= 15 is 0 Å². The Bertz CT molecular complexity index is 798. The molecule has 0 amide bonds. The molecular formula is C14H15NO5S2. The number of hydrogen-bond donors (Lipinski definition) is 2. The second-order valence-electron chi connectivity index (χ2n) is 4.64. The van der Waals surface area contributed by atoms with Gasteiger partial charge in [-0.1, -0.05) is 0 Å². The Morgan fingerprint density at radius 1 is 1.23 bits per heavy atom. The van der Waals surface area contributed by atoms with E-state index < -0.39 is 10.0 Å². The molecule has 2 aromatic rings. The second-order valence-corrected chi connectivity index (χ2v) is 7.83. The molecule has 0 aliphatic carbocycles. The third kappa shape index (κ3) is 2.70. The van der Waals surface area contributed by atoms with Crippen LogP contribution in [0.15, 0.2) is 28.5 Å². The highest BCUT2D eigenvalue weighted by atomic mass is 32.2. The highest BCUT2D eigenvalue weighted by molar-refractivity contribution is 7.91. The van der Waals surface area contributed by atoms with Crippen LogP contribution in [-0.2, 0) is 16.6 Å². The maximum absolute atomic E-state index is 11.8. The summed E-state index contributed by atoms with van der Waals surface area (Å²) in [4.78, 5) is 0.745. The van der Waals surface area contributed by atoms with Gasteiger partial charge in [-0.3, -0.25) is 0 Å². The lowest BCUT2D eigenvalue weighted by molar-refractivity contribution is 0.171. The number of aliphatic hydroxyl groups is 1. The number of benzene rings is 1. The van der Waals surface area contributed by atoms with Crippen molar-refractivity contribution in [2.24, 2.45) is 0 Å². The van der Waals surface area contributed by atoms with Crippen LogP contribution in [0.3, 0.4) is 0 Å². The van der Waals surface area contributed by atoms with Gasteiger partial charge < -0.3 is 14.6 Å². The van der Waals surface area contributed by atoms with Gasteiger partial charge in [0.2, 0.25) is 10.0 Å². The Kier molecular flexibility index (Phi) is 4.09. The van der Waals surface area contributed by atoms with Crippen LogP contribution >= 0.6 is 11.3 Å². The molecule has 1 aromatic heterocycles. The number of fused-ring (bicyclic) bond motifs is 1. The average Bonchev–Trinajstić information content (AvgIpc) is 3.04. The molecule has 0 atom stereocenters. The fraction of sp³-hybridized carbons (Fsp3) is 0.286. The van der Waals surface area contributed by atoms with Gasteiger partial charge in [-0.05, 0) is 36.9 Å². The van der Waals surface area contributed by atoms with Crippen molar-refractivity contribution in [2.45, 2.75) is 10.8 Å². The zero-order valence-electron chi connectivity index (χ0n) is 11.8. The Hall–Kier alpha value is -1.61. The van der Waals surface area contributed by atoms with Crippen molar-refractivity contribution < 1.29 is 23.0 Å². The Morgan fingerprint density at radius 3 is 2.55 bits per heavy atom. The number of hydrogen-bond acceptors (Lipinski definition) is 6. The summed E-state index contributed by atoms with van der Waals surface area (Å²) in [7, 11) is -2.10. The van der Waals surface area contributed by atoms with Crippen LogP contribution in [0, 0.1) is 0 Å². The number of ether oxygens (including phenoxy) is 2. The summed E-state index contributed by atoms with van der Waals surface area (Å²) in [5, 5.41) is 9.57. The standard InChI is InChI=1S/C14H15NO5S2/c1-15-22(17,18)14-3-2-13(21-14)10-7-12-11(6-9(10)8-16)19-4-5-20-12/h2-3,6-7,15-16H,4-5,8H2,1H3. The summed E-state index contributed by atoms with van der Waals surface area (Å²) in [5.74, 6) is 1.20. The molecule has 0 fully saturated rings. The molecule has 8 heteroatoms. The van der Waals surface area contributed by atoms with E-state index in [-0.39, 0.29) is 10.8 Å². The second kappa shape index (κ2) is 5.88. The van der Waals surface area contributed by atoms with Gasteiger partial charge in [0.15, 0.2) is 11.5 Å². The number of aliphatic hydroxyl groups excluding tert-OH is 1. The first-order valence-electron chi connectivity index (χ1n) is 6.62. The van der Waals surface area contributed by atoms with Crippen molar-refractivity contribution in [3.63, 3.8) is 0 Å². The van der Waals surface area contributed by atoms with Crippen LogP contribution in [0.5, 0.6) is 11.5 Å². The van der Waals surface area contributed by atoms with Crippen molar-refractivity contribution in [3.8, 4) is 21.9 Å². The smallest absolute Gasteiger partial charge is 0.249 e. The number of rotatable bonds is 4. The van der Waals surface area contributed by atoms with Gasteiger partial charge in [0.25, 0.3) is 0 Å². The zero-order chi connectivity index (χ0) is 15.7. The molecule has 1 aliphatic heterocycles. The van der Waals surface area contributed by atoms with Gasteiger partial charge in [0.1, 0.15) is 17.4 Å². The van der Waals surface area contributed by atoms with Gasteiger partial charge in [-0.25, -0.2) is 13.1 Å². The highest BCUT2D eigenvalue weighted by Crippen LogP contribution is 2.40. The lowest BCUT2D eigenvalue weighted by Crippen LogP contribution is -2.17. The maximum atomic E-state index is 11.8. The van der Waals surface area contributed by atoms with Gasteiger partial charge in [0.05, 0.1) is 6.61 Å². The van der Waals surface area contributed by atoms with Crippen molar-refractivity contribution in [3.05, 3.63) is 29.8 Å². The lowest BCUT2D eigenvalue weighted by atomic mass is 10.1. The first-order chi connectivity index (χ1) is 10.5. The molecule has 3 rings (SSSR count). The molecule has 1 aliphatic rings. The highest BCUT2D eigenvalue weighted by Gasteiger charge is 2.20. The Morgan fingerprint density at radius 2 is 1.91 bits per heavy atom. The van der Waals surface area contributed by atoms with Crippen molar-refractivity contribution in [1.29, 1.82) is 0 Å². The summed E-state index contributed by atoms with van der Waals surface area (Å²) >= 11 is 1.14. The average molecular weight is 341 g/mol. The van der Waals surface area contributed by atoms with E-state index in [0.29, 0.717) is 30.3 Å². The molecule has 0 spiro atoms. The predicted molar refractivity (Wildman–Crippen MR) is 82.9 cm³/mol. The monoisotopic (exact) mass is 341 g/mol. The molecule has 22 heavy (non-hydrogen) atoms. The first kappa shape index (κ1) is 15.3. The summed E-state index contributed by atoms with van der Waals surface area (Å²) in [6.45, 7) is 0.771. The van der Waals surface area contributed by atoms with Gasteiger partial charge in [-0.2, -0.15) is 0 Å². The van der Waals surface area contributed by atoms with Crippen molar-refractivity contribution in [2.75, 3.05) is 20.3 Å². The SMILES string of the molecule is CNS(=O)(=O)c1ccc(-c2cc3c(cc2CO)OCCO3)s1. The van der Waals surface area contributed by atoms with Crippen molar-refractivity contribution in [1.82, 2.24) is 4.72 Å². The Labute approximate surface area is 132 Å². The predicted octanol–water partition coefficient (Wildman–Crippen LogP) is 1.59. The fourth-order valence-electron chi connectivity index (χ4n) is 2.20. The van der Waals surface area contributed by atoms with Crippen LogP contribution in [0.2, 0.25) is 0 Å². The summed E-state index contributed by atoms with van der Waals surface area (Å²) in [5.41, 5.74) is 1.41. The van der Waals surface area contributed by atoms with Gasteiger partial charge in [-0.15, -0.1) is 11.3 Å². The van der Waals surface area contributed by atoms with E-state index in [2.05, 4.69) is 4.72 Å². The largest absolute Gasteiger partial charge is 0.486 e. The third-order valence-corrected chi connectivity index (χ3v) is 6.34. The van der Waals surface area contributed by atoms with Crippen LogP contribution < -0.4 is 14.2 Å². The molecule has 6 nitrogen and oxygen atoms in total. The van der Waals surface area contributed by atoms with E-state index in [9.17, 15) is 13.5 Å². The molecule has 0 saturated heterocycles. The minimum Gasteiger partial charge on any atom is -0.486 e. The quantitative estimate of drug-likeness (QED) is 0.882. The Balaban J connectivity index is 2.08. The molecule has 0 saturated carbocycles. The number of sulfonamides is 1. The lowest BCUT2D eigenvalue weighted by Gasteiger charge is -2.20. The topological polar surface area (TPSA) is 84.9 Å². The first-order valence-corrected chi connectivity index (χ1v) is 8.92. The van der Waals surface area contributed by atoms with E-state index in [1.165, 1.54) is 7.05 Å². The van der Waals surface area contributed by atoms with Crippen LogP contribution in [0.25, 0.3) is 10.4 Å². The van der Waals surface area contributed by atoms with E-state index in [4.69, 9.17) is 9.47 Å². The van der Waals surface area contributed by atoms with E-state index in [1.54, 1.807) is 24.3 Å². The molecule has 2 N–H and O–H groups in total. The molecule has 1 aromatic carbocycles. The normalized spacial score (nSPS) is 14.1. The maximum Gasteiger partial charge on any atom is 0.249 e. The summed E-state index contributed by atoms with van der Waals surface area (Å²) < 4.78 is 37.2. The molecular weight excluding hydrogens is 326 g/mol. The minimum atomic E-state index is -3.47. The number of nitrogens with one attached hydrogen (secondary N) is 1. The minimum absolute atomic E-state index is 0.169. The zero-order valence-corrected chi connectivity index (χ0v) is 13.5. The van der Waals surface area contributed by atoms with E-state index in [0.717, 1.165) is 21.8 Å². The molecule has 2 heterocycles. The van der Waals surface area contributed by atoms with E-state index in [1.807, 2.05) is 0 Å². The molecule has 0 radical (unpaired) electrons. The molecule has 0 bridgehead atoms. The summed E-state index contributed by atoms with van der Waals surface area (Å²) in [6, 6.07) is 6.78. The van der Waals surface area contributed by atoms with Crippen LogP contribution in [0.1, 0.15) is 5.56 Å². The van der Waals surface area contributed by atoms with Crippen LogP contribution in [0.4, 0.5) is 0 Å². The molecule has 118 valence electrons. The van der Waals surface area contributed by atoms with Gasteiger partial charge >= 0.3 is 0 Å². The molecule has 0 unspecified atom stereocenters. The van der Waals surface area contributed by atoms with Crippen LogP contribution in [-0.4, -0.2) is 33.8 Å². The third-order valence-electron chi connectivity index (χ3n) is 3.32.